The van der Waals surface area contributed by atoms with Crippen molar-refractivity contribution >= 4 is 17.5 Å². The van der Waals surface area contributed by atoms with E-state index in [1.807, 2.05) is 18.2 Å². The molecule has 166 valence electrons. The standard InChI is InChI=1S/C26H34ClN3O/c1-3-22(20-8-6-9-21(27)17-20)23(18-28)25(31)30-15-12-26(13-16-30)24-10-5-4-7-19(24)11-14-29(26)2/h4-10,17,22-23H,3,11-16,18,28H2,1-2H3. The highest BCUT2D eigenvalue weighted by Gasteiger charge is 2.44. The van der Waals surface area contributed by atoms with Gasteiger partial charge < -0.3 is 10.6 Å². The van der Waals surface area contributed by atoms with Gasteiger partial charge in [0, 0.05) is 36.7 Å². The van der Waals surface area contributed by atoms with Crippen LogP contribution in [0.2, 0.25) is 5.02 Å². The summed E-state index contributed by atoms with van der Waals surface area (Å²) in [4.78, 5) is 18.2. The summed E-state index contributed by atoms with van der Waals surface area (Å²) < 4.78 is 0. The first-order valence-electron chi connectivity index (χ1n) is 11.5. The average Bonchev–Trinajstić information content (AvgIpc) is 2.80. The number of nitrogens with zero attached hydrogens (tertiary/aromatic N) is 2. The smallest absolute Gasteiger partial charge is 0.227 e. The third kappa shape index (κ3) is 4.13. The molecule has 2 aromatic carbocycles. The monoisotopic (exact) mass is 439 g/mol. The van der Waals surface area contributed by atoms with Crippen LogP contribution in [-0.4, -0.2) is 48.9 Å². The molecule has 2 N–H and O–H groups in total. The number of hydrogen-bond acceptors (Lipinski definition) is 3. The fourth-order valence-corrected chi connectivity index (χ4v) is 6.01. The highest BCUT2D eigenvalue weighted by molar-refractivity contribution is 6.30. The maximum atomic E-state index is 13.6. The third-order valence-corrected chi connectivity index (χ3v) is 7.88. The number of hydrogen-bond donors (Lipinski definition) is 1. The molecule has 2 atom stereocenters. The van der Waals surface area contributed by atoms with E-state index in [2.05, 4.69) is 54.1 Å². The van der Waals surface area contributed by atoms with Crippen LogP contribution >= 0.6 is 11.6 Å². The molecule has 2 unspecified atom stereocenters. The largest absolute Gasteiger partial charge is 0.342 e. The number of amides is 1. The highest BCUT2D eigenvalue weighted by atomic mass is 35.5. The Balaban J connectivity index is 1.52. The molecule has 5 heteroatoms. The Kier molecular flexibility index (Phi) is 6.71. The summed E-state index contributed by atoms with van der Waals surface area (Å²) in [6.07, 6.45) is 3.90. The minimum atomic E-state index is -0.214. The molecule has 1 spiro atoms. The van der Waals surface area contributed by atoms with Crippen molar-refractivity contribution in [3.05, 3.63) is 70.2 Å². The zero-order chi connectivity index (χ0) is 22.0. The van der Waals surface area contributed by atoms with Gasteiger partial charge in [0.1, 0.15) is 0 Å². The fourth-order valence-electron chi connectivity index (χ4n) is 5.81. The Bertz CT molecular complexity index is 922. The van der Waals surface area contributed by atoms with Crippen molar-refractivity contribution < 1.29 is 4.79 Å². The first-order chi connectivity index (χ1) is 15.0. The van der Waals surface area contributed by atoms with Crippen LogP contribution in [0.15, 0.2) is 48.5 Å². The predicted octanol–water partition coefficient (Wildman–Crippen LogP) is 4.41. The highest BCUT2D eigenvalue weighted by Crippen LogP contribution is 2.43. The van der Waals surface area contributed by atoms with Crippen LogP contribution in [0, 0.1) is 5.92 Å². The van der Waals surface area contributed by atoms with Gasteiger partial charge in [-0.15, -0.1) is 0 Å². The second-order valence-corrected chi connectivity index (χ2v) is 9.53. The summed E-state index contributed by atoms with van der Waals surface area (Å²) in [6, 6.07) is 16.7. The molecule has 1 amide bonds. The Morgan fingerprint density at radius 1 is 1.13 bits per heavy atom. The van der Waals surface area contributed by atoms with Crippen molar-refractivity contribution in [3.63, 3.8) is 0 Å². The summed E-state index contributed by atoms with van der Waals surface area (Å²) in [5, 5.41) is 0.707. The van der Waals surface area contributed by atoms with Crippen LogP contribution in [0.25, 0.3) is 0 Å². The first-order valence-corrected chi connectivity index (χ1v) is 11.9. The number of carbonyl (C=O) groups excluding carboxylic acids is 1. The Hall–Kier alpha value is -1.88. The normalized spacial score (nSPS) is 20.3. The van der Waals surface area contributed by atoms with Gasteiger partial charge in [0.05, 0.1) is 5.92 Å². The lowest BCUT2D eigenvalue weighted by molar-refractivity contribution is -0.139. The van der Waals surface area contributed by atoms with E-state index in [0.717, 1.165) is 50.9 Å². The molecule has 4 nitrogen and oxygen atoms in total. The second kappa shape index (κ2) is 9.32. The van der Waals surface area contributed by atoms with E-state index in [0.29, 0.717) is 11.6 Å². The number of benzene rings is 2. The molecule has 1 saturated heterocycles. The van der Waals surface area contributed by atoms with Crippen LogP contribution in [0.5, 0.6) is 0 Å². The van der Waals surface area contributed by atoms with Crippen LogP contribution in [0.1, 0.15) is 48.8 Å². The summed E-state index contributed by atoms with van der Waals surface area (Å²) in [6.45, 7) is 5.11. The van der Waals surface area contributed by atoms with Crippen LogP contribution < -0.4 is 5.73 Å². The van der Waals surface area contributed by atoms with E-state index in [1.165, 1.54) is 11.1 Å². The lowest BCUT2D eigenvalue weighted by atomic mass is 9.74. The maximum Gasteiger partial charge on any atom is 0.227 e. The Morgan fingerprint density at radius 2 is 1.87 bits per heavy atom. The van der Waals surface area contributed by atoms with Gasteiger partial charge in [-0.3, -0.25) is 9.69 Å². The lowest BCUT2D eigenvalue weighted by Gasteiger charge is -2.51. The number of likely N-dealkylation sites (N-methyl/N-ethyl adjacent to an activating group) is 1. The topological polar surface area (TPSA) is 49.6 Å². The van der Waals surface area contributed by atoms with Crippen molar-refractivity contribution in [1.82, 2.24) is 9.80 Å². The molecule has 0 bridgehead atoms. The van der Waals surface area contributed by atoms with Gasteiger partial charge in [0.15, 0.2) is 0 Å². The number of nitrogens with two attached hydrogens (primary N) is 1. The van der Waals surface area contributed by atoms with E-state index < -0.39 is 0 Å². The van der Waals surface area contributed by atoms with Crippen molar-refractivity contribution in [2.24, 2.45) is 11.7 Å². The van der Waals surface area contributed by atoms with Gasteiger partial charge >= 0.3 is 0 Å². The molecule has 1 fully saturated rings. The van der Waals surface area contributed by atoms with E-state index in [4.69, 9.17) is 17.3 Å². The number of rotatable bonds is 5. The van der Waals surface area contributed by atoms with Gasteiger partial charge in [0.2, 0.25) is 5.91 Å². The molecule has 2 aliphatic heterocycles. The van der Waals surface area contributed by atoms with Crippen LogP contribution in [-0.2, 0) is 16.8 Å². The van der Waals surface area contributed by atoms with Gasteiger partial charge in [-0.2, -0.15) is 0 Å². The molecule has 2 heterocycles. The summed E-state index contributed by atoms with van der Waals surface area (Å²) in [5.74, 6) is 0.0648. The van der Waals surface area contributed by atoms with E-state index in [-0.39, 0.29) is 23.3 Å². The van der Waals surface area contributed by atoms with Crippen molar-refractivity contribution in [2.45, 2.75) is 44.1 Å². The third-order valence-electron chi connectivity index (χ3n) is 7.64. The predicted molar refractivity (Wildman–Crippen MR) is 127 cm³/mol. The molecule has 31 heavy (non-hydrogen) atoms. The quantitative estimate of drug-likeness (QED) is 0.750. The molecule has 0 aliphatic carbocycles. The fraction of sp³-hybridized carbons (Fsp3) is 0.500. The van der Waals surface area contributed by atoms with Crippen molar-refractivity contribution in [1.29, 1.82) is 0 Å². The molecule has 2 aromatic rings. The van der Waals surface area contributed by atoms with Crippen LogP contribution in [0.4, 0.5) is 0 Å². The number of likely N-dealkylation sites (tertiary alicyclic amines) is 1. The second-order valence-electron chi connectivity index (χ2n) is 9.10. The van der Waals surface area contributed by atoms with Crippen molar-refractivity contribution in [2.75, 3.05) is 33.2 Å². The lowest BCUT2D eigenvalue weighted by Crippen LogP contribution is -2.56. The summed E-state index contributed by atoms with van der Waals surface area (Å²) in [7, 11) is 2.24. The SMILES string of the molecule is CCC(c1cccc(Cl)c1)C(CN)C(=O)N1CCC2(CC1)c1ccccc1CCN2C. The zero-order valence-corrected chi connectivity index (χ0v) is 19.4. The molecule has 0 radical (unpaired) electrons. The van der Waals surface area contributed by atoms with Crippen molar-refractivity contribution in [3.8, 4) is 0 Å². The van der Waals surface area contributed by atoms with E-state index >= 15 is 0 Å². The number of carbonyl (C=O) groups is 1. The number of piperidine rings is 1. The van der Waals surface area contributed by atoms with Crippen LogP contribution in [0.3, 0.4) is 0 Å². The molecular weight excluding hydrogens is 406 g/mol. The summed E-state index contributed by atoms with van der Waals surface area (Å²) >= 11 is 6.23. The Labute approximate surface area is 191 Å². The minimum Gasteiger partial charge on any atom is -0.342 e. The zero-order valence-electron chi connectivity index (χ0n) is 18.7. The van der Waals surface area contributed by atoms with E-state index in [9.17, 15) is 4.79 Å². The molecule has 0 saturated carbocycles. The summed E-state index contributed by atoms with van der Waals surface area (Å²) in [5.41, 5.74) is 10.2. The van der Waals surface area contributed by atoms with Gasteiger partial charge in [-0.05, 0) is 67.5 Å². The Morgan fingerprint density at radius 3 is 2.55 bits per heavy atom. The maximum absolute atomic E-state index is 13.6. The molecule has 0 aromatic heterocycles. The molecule has 4 rings (SSSR count). The first kappa shape index (κ1) is 22.3. The van der Waals surface area contributed by atoms with E-state index in [1.54, 1.807) is 0 Å². The average molecular weight is 440 g/mol. The number of fused-ring (bicyclic) bond motifs is 2. The molecular formula is C26H34ClN3O. The van der Waals surface area contributed by atoms with Gasteiger partial charge in [0.25, 0.3) is 0 Å². The number of halogens is 1. The van der Waals surface area contributed by atoms with Gasteiger partial charge in [-0.25, -0.2) is 0 Å². The van der Waals surface area contributed by atoms with Gasteiger partial charge in [-0.1, -0.05) is 54.9 Å². The molecule has 2 aliphatic rings. The minimum absolute atomic E-state index is 0.0426.